The summed E-state index contributed by atoms with van der Waals surface area (Å²) in [6.45, 7) is 4.44. The number of nitrogens with one attached hydrogen (secondary N) is 1. The van der Waals surface area contributed by atoms with Gasteiger partial charge in [-0.25, -0.2) is 23.4 Å². The third kappa shape index (κ3) is 4.06. The zero-order valence-electron chi connectivity index (χ0n) is 19.3. The van der Waals surface area contributed by atoms with Gasteiger partial charge < -0.3 is 15.0 Å². The van der Waals surface area contributed by atoms with Crippen molar-refractivity contribution >= 4 is 11.8 Å². The van der Waals surface area contributed by atoms with E-state index >= 15 is 0 Å². The fraction of sp³-hybridized carbons (Fsp3) is 0.500. The van der Waals surface area contributed by atoms with Crippen molar-refractivity contribution in [2.45, 2.75) is 51.3 Å². The summed E-state index contributed by atoms with van der Waals surface area (Å²) in [6.07, 6.45) is 4.61. The van der Waals surface area contributed by atoms with Crippen LogP contribution in [0.1, 0.15) is 43.3 Å². The lowest BCUT2D eigenvalue weighted by Crippen LogP contribution is -2.48. The zero-order chi connectivity index (χ0) is 24.1. The Hall–Kier alpha value is -3.37. The summed E-state index contributed by atoms with van der Waals surface area (Å²) in [4.78, 5) is 15.7. The Bertz CT molecular complexity index is 1240. The van der Waals surface area contributed by atoms with Crippen molar-refractivity contribution in [3.8, 4) is 5.75 Å². The van der Waals surface area contributed by atoms with Gasteiger partial charge in [-0.3, -0.25) is 0 Å². The molecule has 2 fully saturated rings. The van der Waals surface area contributed by atoms with Crippen LogP contribution in [0.5, 0.6) is 5.75 Å². The molecule has 1 N–H and O–H groups in total. The van der Waals surface area contributed by atoms with E-state index in [-0.39, 0.29) is 11.8 Å². The van der Waals surface area contributed by atoms with Crippen molar-refractivity contribution in [2.24, 2.45) is 11.8 Å². The predicted molar refractivity (Wildman–Crippen MR) is 122 cm³/mol. The zero-order valence-corrected chi connectivity index (χ0v) is 19.3. The number of benzene rings is 1. The van der Waals surface area contributed by atoms with Gasteiger partial charge in [0, 0.05) is 37.4 Å². The minimum absolute atomic E-state index is 0.252. The smallest absolute Gasteiger partial charge is 0.242 e. The number of rotatable bonds is 5. The first-order valence-corrected chi connectivity index (χ1v) is 12.0. The molecule has 35 heavy (non-hydrogen) atoms. The third-order valence-electron chi connectivity index (χ3n) is 7.34. The number of hydrogen-bond donors (Lipinski definition) is 1. The number of fused-ring (bicyclic) bond motifs is 3. The third-order valence-corrected chi connectivity index (χ3v) is 7.34. The SMILES string of the molecule is Cc1cc(N2C[C@H]3CC[C@@H](C2)[C@@H]3Nc2nc3n(n2)CCC[C@H]3Oc2ccc(F)c(F)c2F)ncn1. The second-order valence-corrected chi connectivity index (χ2v) is 9.63. The van der Waals surface area contributed by atoms with Gasteiger partial charge in [0.15, 0.2) is 29.3 Å². The van der Waals surface area contributed by atoms with E-state index in [2.05, 4.69) is 30.3 Å². The average Bonchev–Trinajstić information content (AvgIpc) is 3.36. The molecule has 4 heterocycles. The van der Waals surface area contributed by atoms with E-state index < -0.39 is 23.6 Å². The predicted octanol–water partition coefficient (Wildman–Crippen LogP) is 4.03. The fourth-order valence-electron chi connectivity index (χ4n) is 5.65. The standard InChI is InChI=1S/C24H26F3N7O/c1-13-9-19(29-12-28-13)33-10-14-4-5-15(11-33)22(14)30-24-31-23-18(3-2-8-34(23)32-24)35-17-7-6-16(25)20(26)21(17)27/h6-7,9,12,14-15,18,22H,2-5,8,10-11H2,1H3,(H,30,32)/t14-,15+,18-,22-/m1/s1. The van der Waals surface area contributed by atoms with E-state index in [1.165, 1.54) is 0 Å². The molecule has 8 nitrogen and oxygen atoms in total. The van der Waals surface area contributed by atoms with Crippen LogP contribution < -0.4 is 15.0 Å². The largest absolute Gasteiger partial charge is 0.479 e. The van der Waals surface area contributed by atoms with E-state index in [0.29, 0.717) is 36.6 Å². The molecule has 2 bridgehead atoms. The minimum atomic E-state index is -1.54. The molecule has 4 atom stereocenters. The van der Waals surface area contributed by atoms with Crippen LogP contribution in [0.4, 0.5) is 24.9 Å². The summed E-state index contributed by atoms with van der Waals surface area (Å²) in [5.74, 6) is -1.52. The van der Waals surface area contributed by atoms with Gasteiger partial charge >= 0.3 is 0 Å². The summed E-state index contributed by atoms with van der Waals surface area (Å²) in [5, 5.41) is 8.18. The first kappa shape index (κ1) is 22.1. The molecule has 1 saturated carbocycles. The number of anilines is 2. The highest BCUT2D eigenvalue weighted by Gasteiger charge is 2.43. The molecule has 11 heteroatoms. The topological polar surface area (TPSA) is 81.0 Å². The van der Waals surface area contributed by atoms with Gasteiger partial charge in [0.05, 0.1) is 0 Å². The monoisotopic (exact) mass is 485 g/mol. The molecule has 184 valence electrons. The highest BCUT2D eigenvalue weighted by Crippen LogP contribution is 2.40. The Balaban J connectivity index is 1.17. The molecule has 3 aliphatic rings. The van der Waals surface area contributed by atoms with Crippen molar-refractivity contribution in [1.29, 1.82) is 0 Å². The molecule has 1 aliphatic carbocycles. The fourth-order valence-corrected chi connectivity index (χ4v) is 5.65. The van der Waals surface area contributed by atoms with Crippen LogP contribution in [-0.2, 0) is 6.54 Å². The molecule has 0 amide bonds. The second kappa shape index (κ2) is 8.69. The summed E-state index contributed by atoms with van der Waals surface area (Å²) in [7, 11) is 0. The molecule has 2 aromatic heterocycles. The molecule has 0 spiro atoms. The van der Waals surface area contributed by atoms with Crippen LogP contribution in [0.3, 0.4) is 0 Å². The van der Waals surface area contributed by atoms with Crippen molar-refractivity contribution in [1.82, 2.24) is 24.7 Å². The molecule has 0 unspecified atom stereocenters. The highest BCUT2D eigenvalue weighted by molar-refractivity contribution is 5.41. The normalized spacial score (nSPS) is 25.4. The number of halogens is 3. The average molecular weight is 486 g/mol. The van der Waals surface area contributed by atoms with E-state index in [0.717, 1.165) is 56.0 Å². The number of nitrogens with zero attached hydrogens (tertiary/aromatic N) is 6. The van der Waals surface area contributed by atoms with E-state index in [1.807, 2.05) is 13.0 Å². The minimum Gasteiger partial charge on any atom is -0.479 e. The summed E-state index contributed by atoms with van der Waals surface area (Å²) in [5.41, 5.74) is 0.954. The summed E-state index contributed by atoms with van der Waals surface area (Å²) < 4.78 is 48.6. The van der Waals surface area contributed by atoms with Gasteiger partial charge in [-0.15, -0.1) is 5.10 Å². The van der Waals surface area contributed by atoms with Gasteiger partial charge in [-0.2, -0.15) is 9.37 Å². The summed E-state index contributed by atoms with van der Waals surface area (Å²) >= 11 is 0. The lowest BCUT2D eigenvalue weighted by Gasteiger charge is -2.38. The van der Waals surface area contributed by atoms with Gasteiger partial charge in [0.1, 0.15) is 12.1 Å². The maximum atomic E-state index is 14.2. The number of ether oxygens (including phenoxy) is 1. The molecule has 1 saturated heterocycles. The van der Waals surface area contributed by atoms with E-state index in [1.54, 1.807) is 11.0 Å². The van der Waals surface area contributed by atoms with Gasteiger partial charge in [-0.1, -0.05) is 0 Å². The Kier molecular flexibility index (Phi) is 5.49. The maximum Gasteiger partial charge on any atom is 0.242 e. The molecule has 2 aliphatic heterocycles. The number of aromatic nitrogens is 5. The molecular weight excluding hydrogens is 459 g/mol. The maximum absolute atomic E-state index is 14.2. The van der Waals surface area contributed by atoms with Crippen LogP contribution in [0.15, 0.2) is 24.5 Å². The van der Waals surface area contributed by atoms with Crippen LogP contribution >= 0.6 is 0 Å². The molecule has 1 aromatic carbocycles. The van der Waals surface area contributed by atoms with E-state index in [4.69, 9.17) is 4.74 Å². The van der Waals surface area contributed by atoms with Gasteiger partial charge in [0.2, 0.25) is 11.8 Å². The Labute approximate surface area is 200 Å². The first-order valence-electron chi connectivity index (χ1n) is 12.0. The molecule has 0 radical (unpaired) electrons. The van der Waals surface area contributed by atoms with E-state index in [9.17, 15) is 13.2 Å². The Morgan fingerprint density at radius 1 is 1.03 bits per heavy atom. The lowest BCUT2D eigenvalue weighted by molar-refractivity contribution is 0.147. The van der Waals surface area contributed by atoms with Crippen LogP contribution in [0.25, 0.3) is 0 Å². The quantitative estimate of drug-likeness (QED) is 0.547. The summed E-state index contributed by atoms with van der Waals surface area (Å²) in [6, 6.07) is 4.24. The molecule has 6 rings (SSSR count). The van der Waals surface area contributed by atoms with Crippen LogP contribution in [0.2, 0.25) is 0 Å². The van der Waals surface area contributed by atoms with Crippen molar-refractivity contribution < 1.29 is 17.9 Å². The Morgan fingerprint density at radius 2 is 1.83 bits per heavy atom. The van der Waals surface area contributed by atoms with Crippen LogP contribution in [0, 0.1) is 36.2 Å². The number of aryl methyl sites for hydroxylation is 2. The molecular formula is C24H26F3N7O. The highest BCUT2D eigenvalue weighted by atomic mass is 19.2. The van der Waals surface area contributed by atoms with Crippen molar-refractivity contribution in [2.75, 3.05) is 23.3 Å². The van der Waals surface area contributed by atoms with Crippen molar-refractivity contribution in [3.05, 3.63) is 53.5 Å². The first-order chi connectivity index (χ1) is 17.0. The van der Waals surface area contributed by atoms with Gasteiger partial charge in [0.25, 0.3) is 0 Å². The van der Waals surface area contributed by atoms with Gasteiger partial charge in [-0.05, 0) is 56.6 Å². The number of piperidine rings is 1. The molecule has 3 aromatic rings. The number of hydrogen-bond acceptors (Lipinski definition) is 7. The van der Waals surface area contributed by atoms with Crippen LogP contribution in [-0.4, -0.2) is 43.9 Å². The second-order valence-electron chi connectivity index (χ2n) is 9.63. The van der Waals surface area contributed by atoms with Crippen molar-refractivity contribution in [3.63, 3.8) is 0 Å². The Morgan fingerprint density at radius 3 is 2.60 bits per heavy atom. The lowest BCUT2D eigenvalue weighted by atomic mass is 9.92.